The maximum atomic E-state index is 12.3. The van der Waals surface area contributed by atoms with Crippen LogP contribution in [0, 0.1) is 12.8 Å². The minimum atomic E-state index is -0.273. The van der Waals surface area contributed by atoms with E-state index in [1.54, 1.807) is 34.2 Å². The summed E-state index contributed by atoms with van der Waals surface area (Å²) in [5.74, 6) is 0.575. The lowest BCUT2D eigenvalue weighted by molar-refractivity contribution is -0.129. The van der Waals surface area contributed by atoms with Gasteiger partial charge in [0.1, 0.15) is 5.01 Å². The first-order valence-electron chi connectivity index (χ1n) is 8.50. The van der Waals surface area contributed by atoms with Gasteiger partial charge in [-0.15, -0.1) is 10.2 Å². The quantitative estimate of drug-likeness (QED) is 0.546. The molecular formula is C17H21N5O2S2. The monoisotopic (exact) mass is 391 g/mol. The number of amides is 2. The van der Waals surface area contributed by atoms with Gasteiger partial charge in [0.25, 0.3) is 0 Å². The number of hydrogen-bond donors (Lipinski definition) is 1. The fourth-order valence-corrected chi connectivity index (χ4v) is 4.54. The molecule has 0 aromatic carbocycles. The Morgan fingerprint density at radius 1 is 1.42 bits per heavy atom. The van der Waals surface area contributed by atoms with E-state index in [2.05, 4.69) is 20.5 Å². The number of hydrogen-bond acceptors (Lipinski definition) is 7. The molecule has 0 bridgehead atoms. The molecule has 1 fully saturated rings. The Morgan fingerprint density at radius 3 is 3.04 bits per heavy atom. The first-order valence-corrected chi connectivity index (χ1v) is 10.3. The van der Waals surface area contributed by atoms with E-state index in [4.69, 9.17) is 0 Å². The molecule has 1 saturated heterocycles. The molecule has 3 rings (SSSR count). The maximum absolute atomic E-state index is 12.3. The molecule has 2 aromatic heterocycles. The van der Waals surface area contributed by atoms with Crippen LogP contribution >= 0.6 is 23.1 Å². The van der Waals surface area contributed by atoms with Crippen LogP contribution in [0.4, 0.5) is 0 Å². The number of nitrogens with one attached hydrogen (secondary N) is 1. The van der Waals surface area contributed by atoms with Crippen molar-refractivity contribution in [1.82, 2.24) is 25.4 Å². The Balaban J connectivity index is 1.36. The third kappa shape index (κ3) is 5.25. The van der Waals surface area contributed by atoms with Crippen molar-refractivity contribution in [2.75, 3.05) is 18.8 Å². The second-order valence-corrected chi connectivity index (χ2v) is 8.60. The van der Waals surface area contributed by atoms with Gasteiger partial charge in [-0.2, -0.15) is 0 Å². The van der Waals surface area contributed by atoms with Gasteiger partial charge in [-0.3, -0.25) is 14.6 Å². The Kier molecular flexibility index (Phi) is 6.56. The summed E-state index contributed by atoms with van der Waals surface area (Å²) in [5.41, 5.74) is 0.839. The number of nitrogens with zero attached hydrogens (tertiary/aromatic N) is 4. The number of aryl methyl sites for hydroxylation is 1. The zero-order valence-electron chi connectivity index (χ0n) is 14.6. The van der Waals surface area contributed by atoms with Crippen molar-refractivity contribution < 1.29 is 9.59 Å². The Hall–Kier alpha value is -2.00. The zero-order valence-corrected chi connectivity index (χ0v) is 16.2. The van der Waals surface area contributed by atoms with E-state index in [0.717, 1.165) is 27.2 Å². The van der Waals surface area contributed by atoms with Crippen LogP contribution in [0.15, 0.2) is 28.7 Å². The highest BCUT2D eigenvalue weighted by Crippen LogP contribution is 2.22. The highest BCUT2D eigenvalue weighted by molar-refractivity contribution is 8.01. The lowest BCUT2D eigenvalue weighted by atomic mass is 10.1. The van der Waals surface area contributed by atoms with Crippen LogP contribution in [0.3, 0.4) is 0 Å². The number of pyridine rings is 1. The summed E-state index contributed by atoms with van der Waals surface area (Å²) in [5, 5.41) is 11.9. The van der Waals surface area contributed by atoms with Crippen molar-refractivity contribution in [3.63, 3.8) is 0 Å². The van der Waals surface area contributed by atoms with Gasteiger partial charge in [-0.05, 0) is 25.5 Å². The second-order valence-electron chi connectivity index (χ2n) is 6.08. The predicted octanol–water partition coefficient (Wildman–Crippen LogP) is 1.89. The molecule has 2 aromatic rings. The fraction of sp³-hybridized carbons (Fsp3) is 0.471. The largest absolute Gasteiger partial charge is 0.356 e. The van der Waals surface area contributed by atoms with Crippen LogP contribution in [0.5, 0.6) is 0 Å². The van der Waals surface area contributed by atoms with E-state index < -0.39 is 0 Å². The molecule has 1 N–H and O–H groups in total. The highest BCUT2D eigenvalue weighted by Gasteiger charge is 2.34. The SMILES string of the molecule is Cc1nnc(SCCCNC(=O)C2CC(=O)N(Cc3ccccn3)C2)s1. The van der Waals surface area contributed by atoms with E-state index in [9.17, 15) is 9.59 Å². The normalized spacial score (nSPS) is 16.9. The number of likely N-dealkylation sites (tertiary alicyclic amines) is 1. The van der Waals surface area contributed by atoms with E-state index in [1.807, 2.05) is 25.1 Å². The second kappa shape index (κ2) is 9.09. The Morgan fingerprint density at radius 2 is 2.31 bits per heavy atom. The molecule has 7 nitrogen and oxygen atoms in total. The average molecular weight is 392 g/mol. The Bertz CT molecular complexity index is 753. The molecule has 0 aliphatic carbocycles. The van der Waals surface area contributed by atoms with Gasteiger partial charge in [0.15, 0.2) is 4.34 Å². The van der Waals surface area contributed by atoms with Crippen LogP contribution in [-0.4, -0.2) is 50.7 Å². The molecule has 138 valence electrons. The minimum Gasteiger partial charge on any atom is -0.356 e. The molecular weight excluding hydrogens is 370 g/mol. The molecule has 1 aliphatic rings. The van der Waals surface area contributed by atoms with Crippen molar-refractivity contribution in [2.24, 2.45) is 5.92 Å². The van der Waals surface area contributed by atoms with E-state index >= 15 is 0 Å². The van der Waals surface area contributed by atoms with Crippen LogP contribution in [-0.2, 0) is 16.1 Å². The first kappa shape index (κ1) is 18.8. The topological polar surface area (TPSA) is 88.1 Å². The molecule has 0 saturated carbocycles. The van der Waals surface area contributed by atoms with Gasteiger partial charge >= 0.3 is 0 Å². The first-order chi connectivity index (χ1) is 12.6. The van der Waals surface area contributed by atoms with Crippen molar-refractivity contribution >= 4 is 34.9 Å². The lowest BCUT2D eigenvalue weighted by Crippen LogP contribution is -2.33. The van der Waals surface area contributed by atoms with E-state index in [-0.39, 0.29) is 24.2 Å². The average Bonchev–Trinajstić information content (AvgIpc) is 3.21. The number of carbonyl (C=O) groups excluding carboxylic acids is 2. The number of rotatable bonds is 8. The van der Waals surface area contributed by atoms with Crippen molar-refractivity contribution in [3.8, 4) is 0 Å². The summed E-state index contributed by atoms with van der Waals surface area (Å²) in [6.45, 7) is 3.46. The third-order valence-corrected chi connectivity index (χ3v) is 6.08. The molecule has 3 heterocycles. The van der Waals surface area contributed by atoms with Crippen LogP contribution in [0.1, 0.15) is 23.5 Å². The zero-order chi connectivity index (χ0) is 18.4. The molecule has 9 heteroatoms. The fourth-order valence-electron chi connectivity index (χ4n) is 2.71. The van der Waals surface area contributed by atoms with Crippen LogP contribution < -0.4 is 5.32 Å². The van der Waals surface area contributed by atoms with Gasteiger partial charge in [-0.1, -0.05) is 29.2 Å². The molecule has 0 spiro atoms. The van der Waals surface area contributed by atoms with Crippen LogP contribution in [0.25, 0.3) is 0 Å². The molecule has 1 unspecified atom stereocenters. The van der Waals surface area contributed by atoms with Crippen molar-refractivity contribution in [3.05, 3.63) is 35.1 Å². The van der Waals surface area contributed by atoms with E-state index in [0.29, 0.717) is 19.6 Å². The smallest absolute Gasteiger partial charge is 0.225 e. The Labute approximate surface area is 160 Å². The van der Waals surface area contributed by atoms with E-state index in [1.165, 1.54) is 0 Å². The molecule has 2 amide bonds. The molecule has 0 radical (unpaired) electrons. The van der Waals surface area contributed by atoms with Gasteiger partial charge in [-0.25, -0.2) is 0 Å². The lowest BCUT2D eigenvalue weighted by Gasteiger charge is -2.16. The van der Waals surface area contributed by atoms with Crippen molar-refractivity contribution in [2.45, 2.75) is 30.6 Å². The summed E-state index contributed by atoms with van der Waals surface area (Å²) in [6.07, 6.45) is 2.84. The summed E-state index contributed by atoms with van der Waals surface area (Å²) in [4.78, 5) is 30.4. The summed E-state index contributed by atoms with van der Waals surface area (Å²) >= 11 is 3.23. The molecule has 26 heavy (non-hydrogen) atoms. The number of thioether (sulfide) groups is 1. The number of carbonyl (C=O) groups is 2. The van der Waals surface area contributed by atoms with Crippen molar-refractivity contribution in [1.29, 1.82) is 0 Å². The summed E-state index contributed by atoms with van der Waals surface area (Å²) in [7, 11) is 0. The van der Waals surface area contributed by atoms with Gasteiger partial charge in [0, 0.05) is 31.5 Å². The van der Waals surface area contributed by atoms with Gasteiger partial charge in [0.2, 0.25) is 11.8 Å². The standard InChI is InChI=1S/C17H21N5O2S2/c1-12-20-21-17(26-12)25-8-4-7-19-16(24)13-9-15(23)22(10-13)11-14-5-2-3-6-18-14/h2-3,5-6,13H,4,7-11H2,1H3,(H,19,24). The van der Waals surface area contributed by atoms with Gasteiger partial charge in [0.05, 0.1) is 18.2 Å². The predicted molar refractivity (Wildman–Crippen MR) is 101 cm³/mol. The molecule has 1 atom stereocenters. The van der Waals surface area contributed by atoms with Crippen LogP contribution in [0.2, 0.25) is 0 Å². The summed E-state index contributed by atoms with van der Waals surface area (Å²) < 4.78 is 0.959. The summed E-state index contributed by atoms with van der Waals surface area (Å²) in [6, 6.07) is 5.63. The van der Waals surface area contributed by atoms with Gasteiger partial charge < -0.3 is 10.2 Å². The number of aromatic nitrogens is 3. The highest BCUT2D eigenvalue weighted by atomic mass is 32.2. The minimum absolute atomic E-state index is 0.0120. The molecule has 1 aliphatic heterocycles. The maximum Gasteiger partial charge on any atom is 0.225 e. The third-order valence-electron chi connectivity index (χ3n) is 4.02.